The third-order valence-electron chi connectivity index (χ3n) is 4.24. The van der Waals surface area contributed by atoms with Gasteiger partial charge in [0.05, 0.1) is 12.8 Å². The van der Waals surface area contributed by atoms with Crippen molar-refractivity contribution in [3.8, 4) is 11.5 Å². The first-order valence-corrected chi connectivity index (χ1v) is 9.51. The van der Waals surface area contributed by atoms with Crippen LogP contribution in [0.2, 0.25) is 0 Å². The van der Waals surface area contributed by atoms with Gasteiger partial charge < -0.3 is 15.2 Å². The molecule has 0 atom stereocenters. The average Bonchev–Trinajstić information content (AvgIpc) is 2.64. The highest BCUT2D eigenvalue weighted by molar-refractivity contribution is 5.90. The Morgan fingerprint density at radius 3 is 2.18 bits per heavy atom. The minimum Gasteiger partial charge on any atom is -0.507 e. The molecule has 28 heavy (non-hydrogen) atoms. The number of ether oxygens (including phenoxy) is 1. The summed E-state index contributed by atoms with van der Waals surface area (Å²) >= 11 is 0. The highest BCUT2D eigenvalue weighted by atomic mass is 16.5. The maximum absolute atomic E-state index is 12.0. The van der Waals surface area contributed by atoms with E-state index in [1.807, 2.05) is 46.8 Å². The largest absolute Gasteiger partial charge is 0.507 e. The molecule has 2 aromatic rings. The lowest BCUT2D eigenvalue weighted by atomic mass is 9.92. The minimum absolute atomic E-state index is 0.182. The molecule has 150 valence electrons. The Labute approximate surface area is 166 Å². The summed E-state index contributed by atoms with van der Waals surface area (Å²) in [6, 6.07) is 10.4. The van der Waals surface area contributed by atoms with Gasteiger partial charge in [0.15, 0.2) is 0 Å². The maximum Gasteiger partial charge on any atom is 0.339 e. The van der Waals surface area contributed by atoms with Gasteiger partial charge in [0.2, 0.25) is 0 Å². The molecule has 2 aromatic carbocycles. The van der Waals surface area contributed by atoms with Gasteiger partial charge in [-0.15, -0.1) is 0 Å². The third-order valence-corrected chi connectivity index (χ3v) is 4.24. The summed E-state index contributed by atoms with van der Waals surface area (Å²) in [4.78, 5) is 12.0. The first-order chi connectivity index (χ1) is 13.3. The molecular formula is C22H29N3O3. The number of carbonyl (C=O) groups is 1. The van der Waals surface area contributed by atoms with Gasteiger partial charge in [-0.2, -0.15) is 5.10 Å². The van der Waals surface area contributed by atoms with E-state index in [0.29, 0.717) is 18.0 Å². The Hall–Kier alpha value is -3.02. The fraction of sp³-hybridized carbons (Fsp3) is 0.364. The molecular weight excluding hydrogens is 354 g/mol. The van der Waals surface area contributed by atoms with Gasteiger partial charge >= 0.3 is 6.03 Å². The fourth-order valence-electron chi connectivity index (χ4n) is 2.78. The van der Waals surface area contributed by atoms with E-state index in [0.717, 1.165) is 22.4 Å². The molecule has 0 fully saturated rings. The standard InChI is InChI=1S/C22H29N3O3/c1-6-28-18-9-7-17(8-10-18)24-22(27)25-23-13-16-11-19(14(2)3)21(26)20(12-16)15(4)5/h7-15,26H,6H2,1-5H3,(H2,24,25,27)/b23-13-. The molecule has 0 saturated carbocycles. The van der Waals surface area contributed by atoms with Gasteiger partial charge in [-0.3, -0.25) is 0 Å². The Kier molecular flexibility index (Phi) is 7.44. The van der Waals surface area contributed by atoms with Crippen molar-refractivity contribution in [3.05, 3.63) is 53.1 Å². The SMILES string of the molecule is CCOc1ccc(NC(=O)N/N=C\c2cc(C(C)C)c(O)c(C(C)C)c2)cc1. The van der Waals surface area contributed by atoms with Crippen LogP contribution in [0.3, 0.4) is 0 Å². The summed E-state index contributed by atoms with van der Waals surface area (Å²) in [5, 5.41) is 17.2. The van der Waals surface area contributed by atoms with Crippen LogP contribution in [0.4, 0.5) is 10.5 Å². The molecule has 6 nitrogen and oxygen atoms in total. The van der Waals surface area contributed by atoms with E-state index in [4.69, 9.17) is 4.74 Å². The van der Waals surface area contributed by atoms with E-state index in [1.165, 1.54) is 0 Å². The van der Waals surface area contributed by atoms with Crippen LogP contribution in [0.5, 0.6) is 11.5 Å². The maximum atomic E-state index is 12.0. The van der Waals surface area contributed by atoms with Gasteiger partial charge in [0.25, 0.3) is 0 Å². The van der Waals surface area contributed by atoms with Gasteiger partial charge in [-0.1, -0.05) is 27.7 Å². The second-order valence-electron chi connectivity index (χ2n) is 7.14. The number of phenols is 1. The molecule has 0 saturated heterocycles. The van der Waals surface area contributed by atoms with Crippen molar-refractivity contribution in [2.75, 3.05) is 11.9 Å². The summed E-state index contributed by atoms with van der Waals surface area (Å²) in [5.74, 6) is 1.45. The number of aromatic hydroxyl groups is 1. The van der Waals surface area contributed by atoms with Crippen molar-refractivity contribution in [2.24, 2.45) is 5.10 Å². The lowest BCUT2D eigenvalue weighted by Crippen LogP contribution is -2.24. The molecule has 0 bridgehead atoms. The number of amides is 2. The second-order valence-corrected chi connectivity index (χ2v) is 7.14. The van der Waals surface area contributed by atoms with Crippen molar-refractivity contribution in [2.45, 2.75) is 46.5 Å². The highest BCUT2D eigenvalue weighted by Gasteiger charge is 2.14. The fourth-order valence-corrected chi connectivity index (χ4v) is 2.78. The van der Waals surface area contributed by atoms with Crippen LogP contribution in [-0.4, -0.2) is 24.0 Å². The summed E-state index contributed by atoms with van der Waals surface area (Å²) in [6.45, 7) is 10.6. The van der Waals surface area contributed by atoms with Crippen molar-refractivity contribution in [1.82, 2.24) is 5.43 Å². The minimum atomic E-state index is -0.438. The van der Waals surface area contributed by atoms with Gasteiger partial charge in [0, 0.05) is 5.69 Å². The van der Waals surface area contributed by atoms with Crippen molar-refractivity contribution in [3.63, 3.8) is 0 Å². The molecule has 6 heteroatoms. The predicted molar refractivity (Wildman–Crippen MR) is 114 cm³/mol. The summed E-state index contributed by atoms with van der Waals surface area (Å²) < 4.78 is 5.37. The van der Waals surface area contributed by atoms with Gasteiger partial charge in [-0.05, 0) is 71.8 Å². The second kappa shape index (κ2) is 9.78. The first kappa shape index (κ1) is 21.3. The molecule has 0 heterocycles. The molecule has 2 amide bonds. The van der Waals surface area contributed by atoms with E-state index in [2.05, 4.69) is 15.8 Å². The Balaban J connectivity index is 2.04. The van der Waals surface area contributed by atoms with Crippen LogP contribution >= 0.6 is 0 Å². The number of hydrazone groups is 1. The number of hydrogen-bond acceptors (Lipinski definition) is 4. The Bertz CT molecular complexity index is 798. The number of nitrogens with one attached hydrogen (secondary N) is 2. The number of benzene rings is 2. The zero-order valence-corrected chi connectivity index (χ0v) is 17.1. The molecule has 0 aliphatic carbocycles. The first-order valence-electron chi connectivity index (χ1n) is 9.51. The smallest absolute Gasteiger partial charge is 0.339 e. The lowest BCUT2D eigenvalue weighted by Gasteiger charge is -2.16. The van der Waals surface area contributed by atoms with Crippen molar-refractivity contribution in [1.29, 1.82) is 0 Å². The monoisotopic (exact) mass is 383 g/mol. The number of hydrogen-bond donors (Lipinski definition) is 3. The number of phenolic OH excluding ortho intramolecular Hbond substituents is 1. The lowest BCUT2D eigenvalue weighted by molar-refractivity contribution is 0.252. The Morgan fingerprint density at radius 1 is 1.11 bits per heavy atom. The van der Waals surface area contributed by atoms with Crippen LogP contribution in [0.15, 0.2) is 41.5 Å². The van der Waals surface area contributed by atoms with Gasteiger partial charge in [0.1, 0.15) is 11.5 Å². The number of carbonyl (C=O) groups excluding carboxylic acids is 1. The van der Waals surface area contributed by atoms with Crippen LogP contribution in [0, 0.1) is 0 Å². The Morgan fingerprint density at radius 2 is 1.68 bits per heavy atom. The van der Waals surface area contributed by atoms with E-state index in [1.54, 1.807) is 30.5 Å². The number of rotatable bonds is 7. The van der Waals surface area contributed by atoms with Crippen LogP contribution < -0.4 is 15.5 Å². The summed E-state index contributed by atoms with van der Waals surface area (Å²) in [7, 11) is 0. The summed E-state index contributed by atoms with van der Waals surface area (Å²) in [5.41, 5.74) is 5.66. The highest BCUT2D eigenvalue weighted by Crippen LogP contribution is 2.34. The van der Waals surface area contributed by atoms with E-state index in [9.17, 15) is 9.90 Å². The average molecular weight is 383 g/mol. The zero-order chi connectivity index (χ0) is 20.7. The molecule has 2 rings (SSSR count). The molecule has 0 radical (unpaired) electrons. The van der Waals surface area contributed by atoms with Crippen LogP contribution in [0.1, 0.15) is 63.1 Å². The van der Waals surface area contributed by atoms with E-state index in [-0.39, 0.29) is 11.8 Å². The number of nitrogens with zero attached hydrogens (tertiary/aromatic N) is 1. The summed E-state index contributed by atoms with van der Waals surface area (Å²) in [6.07, 6.45) is 1.58. The molecule has 3 N–H and O–H groups in total. The number of urea groups is 1. The van der Waals surface area contributed by atoms with E-state index < -0.39 is 6.03 Å². The molecule has 0 unspecified atom stereocenters. The molecule has 0 aromatic heterocycles. The van der Waals surface area contributed by atoms with Crippen molar-refractivity contribution >= 4 is 17.9 Å². The van der Waals surface area contributed by atoms with Crippen LogP contribution in [-0.2, 0) is 0 Å². The van der Waals surface area contributed by atoms with Crippen molar-refractivity contribution < 1.29 is 14.6 Å². The topological polar surface area (TPSA) is 83.0 Å². The van der Waals surface area contributed by atoms with Crippen LogP contribution in [0.25, 0.3) is 0 Å². The normalized spacial score (nSPS) is 11.2. The van der Waals surface area contributed by atoms with Gasteiger partial charge in [-0.25, -0.2) is 10.2 Å². The molecule has 0 aliphatic heterocycles. The third kappa shape index (κ3) is 5.74. The number of anilines is 1. The molecule has 0 spiro atoms. The van der Waals surface area contributed by atoms with E-state index >= 15 is 0 Å². The quantitative estimate of drug-likeness (QED) is 0.454. The molecule has 0 aliphatic rings. The zero-order valence-electron chi connectivity index (χ0n) is 17.1. The predicted octanol–water partition coefficient (Wildman–Crippen LogP) is 5.19.